The third-order valence-electron chi connectivity index (χ3n) is 4.71. The summed E-state index contributed by atoms with van der Waals surface area (Å²) in [5.41, 5.74) is 7.17. The lowest BCUT2D eigenvalue weighted by Gasteiger charge is -2.19. The van der Waals surface area contributed by atoms with Crippen molar-refractivity contribution >= 4 is 29.5 Å². The zero-order valence-corrected chi connectivity index (χ0v) is 18.5. The quantitative estimate of drug-likeness (QED) is 0.443. The van der Waals surface area contributed by atoms with Crippen molar-refractivity contribution in [3.05, 3.63) is 107 Å². The molecule has 0 heterocycles. The monoisotopic (exact) mass is 465 g/mol. The standard InChI is InChI=1S/C25H24ClN3O4/c26-21-13-11-19(12-14-21)16-23(30)28-29-24(31)22(15-18-7-3-1-4-8-18)27-25(32)33-17-20-9-5-2-6-10-20/h1-14,22H,15-17H2,(H,27,32)(H,28,30)(H,29,31). The molecule has 0 saturated carbocycles. The molecule has 3 rings (SSSR count). The fourth-order valence-electron chi connectivity index (χ4n) is 3.02. The van der Waals surface area contributed by atoms with Gasteiger partial charge < -0.3 is 10.1 Å². The topological polar surface area (TPSA) is 96.5 Å². The molecule has 0 fully saturated rings. The van der Waals surface area contributed by atoms with Gasteiger partial charge in [-0.25, -0.2) is 4.79 Å². The summed E-state index contributed by atoms with van der Waals surface area (Å²) < 4.78 is 5.23. The summed E-state index contributed by atoms with van der Waals surface area (Å²) in [5.74, 6) is -0.976. The maximum Gasteiger partial charge on any atom is 0.408 e. The van der Waals surface area contributed by atoms with Crippen molar-refractivity contribution in [1.82, 2.24) is 16.2 Å². The molecule has 0 aliphatic rings. The zero-order chi connectivity index (χ0) is 23.5. The molecule has 0 aliphatic heterocycles. The van der Waals surface area contributed by atoms with Gasteiger partial charge in [0.2, 0.25) is 5.91 Å². The zero-order valence-electron chi connectivity index (χ0n) is 17.8. The molecule has 3 N–H and O–H groups in total. The molecule has 1 unspecified atom stereocenters. The van der Waals surface area contributed by atoms with Gasteiger partial charge in [0.1, 0.15) is 12.6 Å². The van der Waals surface area contributed by atoms with Crippen LogP contribution in [0.15, 0.2) is 84.9 Å². The minimum atomic E-state index is -0.952. The molecule has 0 bridgehead atoms. The van der Waals surface area contributed by atoms with Crippen LogP contribution in [-0.4, -0.2) is 23.9 Å². The first-order valence-corrected chi connectivity index (χ1v) is 10.7. The molecule has 0 aliphatic carbocycles. The maximum atomic E-state index is 12.7. The van der Waals surface area contributed by atoms with Gasteiger partial charge in [-0.3, -0.25) is 20.4 Å². The van der Waals surface area contributed by atoms with Crippen molar-refractivity contribution in [2.75, 3.05) is 0 Å². The molecule has 3 aromatic rings. The number of carbonyl (C=O) groups excluding carboxylic acids is 3. The van der Waals surface area contributed by atoms with E-state index in [-0.39, 0.29) is 19.4 Å². The SMILES string of the molecule is O=C(Cc1ccc(Cl)cc1)NNC(=O)C(Cc1ccccc1)NC(=O)OCc1ccccc1. The summed E-state index contributed by atoms with van der Waals surface area (Å²) in [4.78, 5) is 37.3. The number of nitrogens with one attached hydrogen (secondary N) is 3. The van der Waals surface area contributed by atoms with Crippen LogP contribution in [0, 0.1) is 0 Å². The van der Waals surface area contributed by atoms with E-state index in [1.165, 1.54) is 0 Å². The first-order valence-electron chi connectivity index (χ1n) is 10.3. The van der Waals surface area contributed by atoms with Gasteiger partial charge in [0.05, 0.1) is 6.42 Å². The number of hydrogen-bond acceptors (Lipinski definition) is 4. The molecule has 0 aromatic heterocycles. The Morgan fingerprint density at radius 3 is 2.00 bits per heavy atom. The second-order valence-corrected chi connectivity index (χ2v) is 7.73. The van der Waals surface area contributed by atoms with Crippen LogP contribution in [0.4, 0.5) is 4.79 Å². The van der Waals surface area contributed by atoms with Gasteiger partial charge in [0, 0.05) is 11.4 Å². The second kappa shape index (κ2) is 12.3. The van der Waals surface area contributed by atoms with Gasteiger partial charge in [0.15, 0.2) is 0 Å². The van der Waals surface area contributed by atoms with E-state index in [0.29, 0.717) is 5.02 Å². The highest BCUT2D eigenvalue weighted by molar-refractivity contribution is 6.30. The molecule has 0 spiro atoms. The van der Waals surface area contributed by atoms with E-state index >= 15 is 0 Å². The van der Waals surface area contributed by atoms with E-state index < -0.39 is 23.9 Å². The van der Waals surface area contributed by atoms with E-state index in [4.69, 9.17) is 16.3 Å². The van der Waals surface area contributed by atoms with E-state index in [1.54, 1.807) is 24.3 Å². The molecule has 0 saturated heterocycles. The van der Waals surface area contributed by atoms with Crippen LogP contribution in [-0.2, 0) is 33.8 Å². The Hall–Kier alpha value is -3.84. The summed E-state index contributed by atoms with van der Waals surface area (Å²) in [7, 11) is 0. The van der Waals surface area contributed by atoms with Gasteiger partial charge in [-0.15, -0.1) is 0 Å². The van der Waals surface area contributed by atoms with Crippen LogP contribution < -0.4 is 16.2 Å². The van der Waals surface area contributed by atoms with Crippen LogP contribution in [0.2, 0.25) is 5.02 Å². The summed E-state index contributed by atoms with van der Waals surface area (Å²) in [6.07, 6.45) is -0.449. The van der Waals surface area contributed by atoms with Crippen molar-refractivity contribution in [1.29, 1.82) is 0 Å². The Bertz CT molecular complexity index is 1060. The smallest absolute Gasteiger partial charge is 0.408 e. The third kappa shape index (κ3) is 8.31. The minimum absolute atomic E-state index is 0.0628. The molecular weight excluding hydrogens is 442 g/mol. The minimum Gasteiger partial charge on any atom is -0.445 e. The van der Waals surface area contributed by atoms with Gasteiger partial charge in [-0.2, -0.15) is 0 Å². The number of carbonyl (C=O) groups is 3. The summed E-state index contributed by atoms with van der Waals surface area (Å²) in [6.45, 7) is 0.0736. The molecular formula is C25H24ClN3O4. The first-order chi connectivity index (χ1) is 16.0. The Kier molecular flexibility index (Phi) is 8.85. The number of hydrogen-bond donors (Lipinski definition) is 3. The van der Waals surface area contributed by atoms with Gasteiger partial charge in [-0.05, 0) is 28.8 Å². The Morgan fingerprint density at radius 2 is 1.36 bits per heavy atom. The fourth-order valence-corrected chi connectivity index (χ4v) is 3.14. The van der Waals surface area contributed by atoms with E-state index in [2.05, 4.69) is 16.2 Å². The van der Waals surface area contributed by atoms with Crippen molar-refractivity contribution in [3.8, 4) is 0 Å². The summed E-state index contributed by atoms with van der Waals surface area (Å²) in [6, 6.07) is 24.3. The number of rotatable bonds is 8. The molecule has 1 atom stereocenters. The van der Waals surface area contributed by atoms with Crippen LogP contribution in [0.1, 0.15) is 16.7 Å². The number of halogens is 1. The van der Waals surface area contributed by atoms with Crippen LogP contribution in [0.25, 0.3) is 0 Å². The number of hydrazine groups is 1. The lowest BCUT2D eigenvalue weighted by molar-refractivity contribution is -0.129. The molecule has 3 amide bonds. The Labute approximate surface area is 197 Å². The molecule has 0 radical (unpaired) electrons. The number of ether oxygens (including phenoxy) is 1. The van der Waals surface area contributed by atoms with Crippen molar-refractivity contribution in [2.45, 2.75) is 25.5 Å². The Morgan fingerprint density at radius 1 is 0.758 bits per heavy atom. The average molecular weight is 466 g/mol. The van der Waals surface area contributed by atoms with Crippen molar-refractivity contribution in [2.24, 2.45) is 0 Å². The van der Waals surface area contributed by atoms with Gasteiger partial charge in [-0.1, -0.05) is 84.4 Å². The number of benzene rings is 3. The summed E-state index contributed by atoms with van der Waals surface area (Å²) >= 11 is 5.85. The first kappa shape index (κ1) is 23.8. The fraction of sp³-hybridized carbons (Fsp3) is 0.160. The van der Waals surface area contributed by atoms with E-state index in [9.17, 15) is 14.4 Å². The third-order valence-corrected chi connectivity index (χ3v) is 4.96. The summed E-state index contributed by atoms with van der Waals surface area (Å²) in [5, 5.41) is 3.15. The van der Waals surface area contributed by atoms with Crippen LogP contribution in [0.3, 0.4) is 0 Å². The highest BCUT2D eigenvalue weighted by Crippen LogP contribution is 2.10. The molecule has 33 heavy (non-hydrogen) atoms. The molecule has 170 valence electrons. The number of amides is 3. The van der Waals surface area contributed by atoms with E-state index in [1.807, 2.05) is 60.7 Å². The second-order valence-electron chi connectivity index (χ2n) is 7.29. The largest absolute Gasteiger partial charge is 0.445 e. The molecule has 8 heteroatoms. The lowest BCUT2D eigenvalue weighted by Crippen LogP contribution is -2.53. The average Bonchev–Trinajstić information content (AvgIpc) is 2.83. The predicted octanol–water partition coefficient (Wildman–Crippen LogP) is 3.57. The Balaban J connectivity index is 1.56. The predicted molar refractivity (Wildman–Crippen MR) is 125 cm³/mol. The highest BCUT2D eigenvalue weighted by Gasteiger charge is 2.22. The highest BCUT2D eigenvalue weighted by atomic mass is 35.5. The number of alkyl carbamates (subject to hydrolysis) is 1. The van der Waals surface area contributed by atoms with Crippen molar-refractivity contribution in [3.63, 3.8) is 0 Å². The maximum absolute atomic E-state index is 12.7. The van der Waals surface area contributed by atoms with Gasteiger partial charge >= 0.3 is 6.09 Å². The normalized spacial score (nSPS) is 11.2. The van der Waals surface area contributed by atoms with Crippen LogP contribution >= 0.6 is 11.6 Å². The van der Waals surface area contributed by atoms with Gasteiger partial charge in [0.25, 0.3) is 5.91 Å². The lowest BCUT2D eigenvalue weighted by atomic mass is 10.1. The van der Waals surface area contributed by atoms with Crippen molar-refractivity contribution < 1.29 is 19.1 Å². The van der Waals surface area contributed by atoms with E-state index in [0.717, 1.165) is 16.7 Å². The van der Waals surface area contributed by atoms with Crippen LogP contribution in [0.5, 0.6) is 0 Å². The molecule has 7 nitrogen and oxygen atoms in total. The molecule has 3 aromatic carbocycles.